The van der Waals surface area contributed by atoms with Crippen LogP contribution in [0.4, 0.5) is 4.79 Å². The largest absolute Gasteiger partial charge is 0.352 e. The Bertz CT molecular complexity index is 665. The van der Waals surface area contributed by atoms with Crippen LogP contribution in [0, 0.1) is 6.92 Å². The number of rotatable bonds is 4. The van der Waals surface area contributed by atoms with Gasteiger partial charge in [0.05, 0.1) is 18.3 Å². The molecule has 0 aliphatic rings. The fourth-order valence-corrected chi connectivity index (χ4v) is 2.14. The second-order valence-electron chi connectivity index (χ2n) is 5.50. The summed E-state index contributed by atoms with van der Waals surface area (Å²) in [5.74, 6) is 0. The molecule has 0 unspecified atom stereocenters. The molecule has 0 saturated carbocycles. The third-order valence-electron chi connectivity index (χ3n) is 3.18. The molecule has 0 saturated heterocycles. The zero-order chi connectivity index (χ0) is 15.6. The zero-order valence-corrected chi connectivity index (χ0v) is 13.0. The van der Waals surface area contributed by atoms with E-state index in [0.717, 1.165) is 16.1 Å². The molecule has 0 atom stereocenters. The van der Waals surface area contributed by atoms with E-state index >= 15 is 0 Å². The van der Waals surface area contributed by atoms with Gasteiger partial charge in [0.2, 0.25) is 0 Å². The molecule has 2 rings (SSSR count). The van der Waals surface area contributed by atoms with Crippen molar-refractivity contribution in [2.24, 2.45) is 5.73 Å². The number of urea groups is 1. The third kappa shape index (κ3) is 3.72. The number of nitrogens with two attached hydrogens (primary N) is 1. The van der Waals surface area contributed by atoms with Crippen LogP contribution < -0.4 is 11.1 Å². The van der Waals surface area contributed by atoms with Crippen LogP contribution in [0.2, 0.25) is 5.02 Å². The van der Waals surface area contributed by atoms with Gasteiger partial charge in [-0.15, -0.1) is 5.10 Å². The summed E-state index contributed by atoms with van der Waals surface area (Å²) in [5.41, 5.74) is 7.23. The molecule has 1 heterocycles. The van der Waals surface area contributed by atoms with E-state index in [1.807, 2.05) is 39.0 Å². The maximum atomic E-state index is 11.0. The summed E-state index contributed by atoms with van der Waals surface area (Å²) in [5, 5.41) is 11.5. The van der Waals surface area contributed by atoms with Crippen molar-refractivity contribution in [3.63, 3.8) is 0 Å². The number of carbonyl (C=O) groups excluding carboxylic acids is 1. The lowest BCUT2D eigenvalue weighted by Crippen LogP contribution is -2.44. The highest BCUT2D eigenvalue weighted by atomic mass is 35.5. The molecule has 0 spiro atoms. The van der Waals surface area contributed by atoms with Crippen molar-refractivity contribution in [3.8, 4) is 0 Å². The molecule has 0 radical (unpaired) electrons. The van der Waals surface area contributed by atoms with Gasteiger partial charge in [-0.2, -0.15) is 0 Å². The minimum Gasteiger partial charge on any atom is -0.352 e. The van der Waals surface area contributed by atoms with E-state index in [9.17, 15) is 4.79 Å². The summed E-state index contributed by atoms with van der Waals surface area (Å²) in [6.07, 6.45) is 1.79. The maximum absolute atomic E-state index is 11.0. The summed E-state index contributed by atoms with van der Waals surface area (Å²) in [6.45, 7) is 6.17. The van der Waals surface area contributed by atoms with Crippen LogP contribution in [-0.2, 0) is 12.1 Å². The number of hydrogen-bond acceptors (Lipinski definition) is 3. The molecule has 2 amide bonds. The average Bonchev–Trinajstić information content (AvgIpc) is 2.82. The van der Waals surface area contributed by atoms with Crippen molar-refractivity contribution in [1.29, 1.82) is 0 Å². The zero-order valence-electron chi connectivity index (χ0n) is 12.2. The molecule has 21 heavy (non-hydrogen) atoms. The number of benzene rings is 1. The number of primary amides is 1. The molecule has 0 aliphatic carbocycles. The van der Waals surface area contributed by atoms with Gasteiger partial charge in [-0.3, -0.25) is 0 Å². The molecule has 6 nitrogen and oxygen atoms in total. The fourth-order valence-electron chi connectivity index (χ4n) is 2.03. The summed E-state index contributed by atoms with van der Waals surface area (Å²) in [4.78, 5) is 11.0. The Balaban J connectivity index is 2.16. The van der Waals surface area contributed by atoms with Crippen LogP contribution in [0.25, 0.3) is 0 Å². The second-order valence-corrected chi connectivity index (χ2v) is 5.91. The van der Waals surface area contributed by atoms with Crippen LogP contribution in [0.3, 0.4) is 0 Å². The number of carbonyl (C=O) groups is 1. The Morgan fingerprint density at radius 1 is 1.48 bits per heavy atom. The monoisotopic (exact) mass is 307 g/mol. The number of aryl methyl sites for hydroxylation is 1. The van der Waals surface area contributed by atoms with Gasteiger partial charge in [0.1, 0.15) is 5.69 Å². The Morgan fingerprint density at radius 2 is 2.19 bits per heavy atom. The number of nitrogens with zero attached hydrogens (tertiary/aromatic N) is 3. The van der Waals surface area contributed by atoms with Crippen molar-refractivity contribution in [3.05, 3.63) is 46.2 Å². The number of amides is 2. The quantitative estimate of drug-likeness (QED) is 0.908. The van der Waals surface area contributed by atoms with E-state index in [2.05, 4.69) is 15.6 Å². The van der Waals surface area contributed by atoms with E-state index < -0.39 is 11.6 Å². The van der Waals surface area contributed by atoms with E-state index in [-0.39, 0.29) is 0 Å². The highest BCUT2D eigenvalue weighted by molar-refractivity contribution is 6.31. The Kier molecular flexibility index (Phi) is 4.18. The van der Waals surface area contributed by atoms with Gasteiger partial charge in [0.15, 0.2) is 0 Å². The SMILES string of the molecule is Cc1cc(Cn2cc(C(C)(C)NC(N)=O)nn2)ccc1Cl. The van der Waals surface area contributed by atoms with Crippen molar-refractivity contribution >= 4 is 17.6 Å². The normalized spacial score (nSPS) is 11.4. The van der Waals surface area contributed by atoms with E-state index in [4.69, 9.17) is 17.3 Å². The van der Waals surface area contributed by atoms with Crippen LogP contribution >= 0.6 is 11.6 Å². The van der Waals surface area contributed by atoms with E-state index in [1.165, 1.54) is 0 Å². The van der Waals surface area contributed by atoms with Crippen molar-refractivity contribution < 1.29 is 4.79 Å². The van der Waals surface area contributed by atoms with Gasteiger partial charge >= 0.3 is 6.03 Å². The van der Waals surface area contributed by atoms with Crippen LogP contribution in [0.15, 0.2) is 24.4 Å². The number of hydrogen-bond donors (Lipinski definition) is 2. The minimum atomic E-state index is -0.667. The van der Waals surface area contributed by atoms with E-state index in [0.29, 0.717) is 12.2 Å². The van der Waals surface area contributed by atoms with Gasteiger partial charge in [0.25, 0.3) is 0 Å². The van der Waals surface area contributed by atoms with Crippen LogP contribution in [0.5, 0.6) is 0 Å². The predicted molar refractivity (Wildman–Crippen MR) is 81.1 cm³/mol. The van der Waals surface area contributed by atoms with Crippen molar-refractivity contribution in [2.75, 3.05) is 0 Å². The van der Waals surface area contributed by atoms with Gasteiger partial charge in [0, 0.05) is 5.02 Å². The molecular weight excluding hydrogens is 290 g/mol. The van der Waals surface area contributed by atoms with Crippen LogP contribution in [0.1, 0.15) is 30.7 Å². The highest BCUT2D eigenvalue weighted by Crippen LogP contribution is 2.19. The Labute approximate surface area is 128 Å². The minimum absolute atomic E-state index is 0.581. The highest BCUT2D eigenvalue weighted by Gasteiger charge is 2.25. The van der Waals surface area contributed by atoms with Gasteiger partial charge in [-0.1, -0.05) is 28.9 Å². The van der Waals surface area contributed by atoms with E-state index in [1.54, 1.807) is 10.9 Å². The lowest BCUT2D eigenvalue weighted by Gasteiger charge is -2.21. The van der Waals surface area contributed by atoms with Gasteiger partial charge in [-0.25, -0.2) is 9.48 Å². The predicted octanol–water partition coefficient (Wildman–Crippen LogP) is 2.19. The molecule has 1 aromatic carbocycles. The molecule has 3 N–H and O–H groups in total. The molecule has 7 heteroatoms. The number of halogens is 1. The lowest BCUT2D eigenvalue weighted by molar-refractivity contribution is 0.238. The summed E-state index contributed by atoms with van der Waals surface area (Å²) >= 11 is 6.01. The molecule has 1 aromatic heterocycles. The van der Waals surface area contributed by atoms with Gasteiger partial charge < -0.3 is 11.1 Å². The lowest BCUT2D eigenvalue weighted by atomic mass is 10.0. The van der Waals surface area contributed by atoms with Crippen molar-refractivity contribution in [2.45, 2.75) is 32.9 Å². The molecule has 0 aliphatic heterocycles. The Hall–Kier alpha value is -2.08. The van der Waals surface area contributed by atoms with Crippen LogP contribution in [-0.4, -0.2) is 21.0 Å². The van der Waals surface area contributed by atoms with Gasteiger partial charge in [-0.05, 0) is 38.0 Å². The standard InChI is InChI=1S/C14H18ClN5O/c1-9-6-10(4-5-11(9)15)7-20-8-12(18-19-20)14(2,3)17-13(16)21/h4-6,8H,7H2,1-3H3,(H3,16,17,21). The smallest absolute Gasteiger partial charge is 0.312 e. The third-order valence-corrected chi connectivity index (χ3v) is 3.61. The topological polar surface area (TPSA) is 85.8 Å². The fraction of sp³-hybridized carbons (Fsp3) is 0.357. The first-order chi connectivity index (χ1) is 9.78. The molecule has 2 aromatic rings. The molecule has 0 fully saturated rings. The first kappa shape index (κ1) is 15.3. The summed E-state index contributed by atoms with van der Waals surface area (Å²) in [7, 11) is 0. The average molecular weight is 308 g/mol. The second kappa shape index (κ2) is 5.73. The molecule has 0 bridgehead atoms. The van der Waals surface area contributed by atoms with Crippen molar-refractivity contribution in [1.82, 2.24) is 20.3 Å². The molecule has 112 valence electrons. The maximum Gasteiger partial charge on any atom is 0.312 e. The number of nitrogens with one attached hydrogen (secondary N) is 1. The summed E-state index contributed by atoms with van der Waals surface area (Å²) < 4.78 is 1.71. The first-order valence-electron chi connectivity index (χ1n) is 6.51. The Morgan fingerprint density at radius 3 is 2.81 bits per heavy atom. The summed E-state index contributed by atoms with van der Waals surface area (Å²) in [6, 6.07) is 5.23. The molecular formula is C14H18ClN5O. The number of aromatic nitrogens is 3. The first-order valence-corrected chi connectivity index (χ1v) is 6.89.